The summed E-state index contributed by atoms with van der Waals surface area (Å²) in [7, 11) is 0. The van der Waals surface area contributed by atoms with Gasteiger partial charge in [0.1, 0.15) is 6.10 Å². The molecule has 2 rings (SSSR count). The molecule has 0 aliphatic carbocycles. The van der Waals surface area contributed by atoms with E-state index in [1.165, 1.54) is 0 Å². The lowest BCUT2D eigenvalue weighted by Gasteiger charge is -2.39. The summed E-state index contributed by atoms with van der Waals surface area (Å²) in [6.45, 7) is 11.9. The lowest BCUT2D eigenvalue weighted by atomic mass is 9.77. The van der Waals surface area contributed by atoms with E-state index < -0.39 is 0 Å². The number of likely N-dealkylation sites (tertiary alicyclic amines) is 1. The van der Waals surface area contributed by atoms with E-state index >= 15 is 0 Å². The number of aromatic nitrogens is 2. The number of piperidine rings is 1. The Bertz CT molecular complexity index is 461. The molecule has 1 saturated heterocycles. The van der Waals surface area contributed by atoms with E-state index in [9.17, 15) is 5.11 Å². The Morgan fingerprint density at radius 2 is 2.00 bits per heavy atom. The zero-order valence-corrected chi connectivity index (χ0v) is 14.9. The molecule has 1 fully saturated rings. The molecule has 0 radical (unpaired) electrons. The van der Waals surface area contributed by atoms with Crippen LogP contribution < -0.4 is 0 Å². The van der Waals surface area contributed by atoms with Gasteiger partial charge in [0.15, 0.2) is 5.82 Å². The SMILES string of the molecule is CCC1(CO)CCN(Cc2nc(C(C)OCC(C)C)no2)CC1. The van der Waals surface area contributed by atoms with Crippen molar-refractivity contribution in [2.75, 3.05) is 26.3 Å². The summed E-state index contributed by atoms with van der Waals surface area (Å²) in [5.74, 6) is 1.76. The van der Waals surface area contributed by atoms with Crippen molar-refractivity contribution in [1.82, 2.24) is 15.0 Å². The summed E-state index contributed by atoms with van der Waals surface area (Å²) >= 11 is 0. The number of nitrogens with zero attached hydrogens (tertiary/aromatic N) is 3. The molecule has 2 heterocycles. The molecule has 1 aromatic rings. The van der Waals surface area contributed by atoms with Crippen molar-refractivity contribution >= 4 is 0 Å². The molecule has 6 nitrogen and oxygen atoms in total. The van der Waals surface area contributed by atoms with Crippen LogP contribution in [0.1, 0.15) is 64.8 Å². The molecule has 1 unspecified atom stereocenters. The second-order valence-corrected chi connectivity index (χ2v) is 7.20. The first kappa shape index (κ1) is 18.4. The first-order valence-corrected chi connectivity index (χ1v) is 8.75. The van der Waals surface area contributed by atoms with Crippen molar-refractivity contribution in [3.8, 4) is 0 Å². The van der Waals surface area contributed by atoms with E-state index in [-0.39, 0.29) is 18.1 Å². The quantitative estimate of drug-likeness (QED) is 0.792. The van der Waals surface area contributed by atoms with Crippen LogP contribution in [-0.4, -0.2) is 46.5 Å². The minimum absolute atomic E-state index is 0.107. The van der Waals surface area contributed by atoms with Gasteiger partial charge in [0.05, 0.1) is 6.54 Å². The molecule has 0 aromatic carbocycles. The lowest BCUT2D eigenvalue weighted by Crippen LogP contribution is -2.41. The van der Waals surface area contributed by atoms with Crippen LogP contribution in [0.3, 0.4) is 0 Å². The highest BCUT2D eigenvalue weighted by Gasteiger charge is 2.32. The largest absolute Gasteiger partial charge is 0.396 e. The monoisotopic (exact) mass is 325 g/mol. The minimum atomic E-state index is -0.140. The normalized spacial score (nSPS) is 20.1. The van der Waals surface area contributed by atoms with Gasteiger partial charge in [0, 0.05) is 13.2 Å². The van der Waals surface area contributed by atoms with Crippen molar-refractivity contribution in [2.24, 2.45) is 11.3 Å². The third-order valence-electron chi connectivity index (χ3n) is 4.89. The van der Waals surface area contributed by atoms with Gasteiger partial charge in [-0.2, -0.15) is 4.98 Å². The molecule has 1 atom stereocenters. The predicted octanol–water partition coefficient (Wildman–Crippen LogP) is 2.79. The highest BCUT2D eigenvalue weighted by molar-refractivity contribution is 4.92. The van der Waals surface area contributed by atoms with Crippen LogP contribution in [0.15, 0.2) is 4.52 Å². The van der Waals surface area contributed by atoms with Gasteiger partial charge >= 0.3 is 0 Å². The third kappa shape index (κ3) is 4.99. The van der Waals surface area contributed by atoms with Crippen LogP contribution in [0.2, 0.25) is 0 Å². The molecule has 0 amide bonds. The first-order valence-electron chi connectivity index (χ1n) is 8.75. The average molecular weight is 325 g/mol. The van der Waals surface area contributed by atoms with Crippen LogP contribution in [0.25, 0.3) is 0 Å². The fraction of sp³-hybridized carbons (Fsp3) is 0.882. The van der Waals surface area contributed by atoms with Gasteiger partial charge in [0.2, 0.25) is 5.89 Å². The lowest BCUT2D eigenvalue weighted by molar-refractivity contribution is 0.0348. The van der Waals surface area contributed by atoms with Crippen LogP contribution in [0.5, 0.6) is 0 Å². The molecule has 0 saturated carbocycles. The Hall–Kier alpha value is -0.980. The molecule has 0 spiro atoms. The zero-order chi connectivity index (χ0) is 16.9. The molecule has 1 aliphatic rings. The molecule has 132 valence electrons. The van der Waals surface area contributed by atoms with Crippen molar-refractivity contribution in [3.63, 3.8) is 0 Å². The topological polar surface area (TPSA) is 71.6 Å². The fourth-order valence-electron chi connectivity index (χ4n) is 2.91. The first-order chi connectivity index (χ1) is 11.0. The predicted molar refractivity (Wildman–Crippen MR) is 87.8 cm³/mol. The van der Waals surface area contributed by atoms with Crippen LogP contribution in [0.4, 0.5) is 0 Å². The van der Waals surface area contributed by atoms with Gasteiger partial charge in [-0.3, -0.25) is 4.90 Å². The second kappa shape index (κ2) is 8.22. The Morgan fingerprint density at radius 1 is 1.30 bits per heavy atom. The maximum Gasteiger partial charge on any atom is 0.240 e. The highest BCUT2D eigenvalue weighted by Crippen LogP contribution is 2.34. The summed E-state index contributed by atoms with van der Waals surface area (Å²) in [5.41, 5.74) is 0.107. The molecule has 6 heteroatoms. The van der Waals surface area contributed by atoms with Gasteiger partial charge in [-0.25, -0.2) is 0 Å². The highest BCUT2D eigenvalue weighted by atomic mass is 16.5. The van der Waals surface area contributed by atoms with Crippen LogP contribution >= 0.6 is 0 Å². The fourth-order valence-corrected chi connectivity index (χ4v) is 2.91. The van der Waals surface area contributed by atoms with Crippen LogP contribution in [-0.2, 0) is 11.3 Å². The maximum atomic E-state index is 9.60. The molecule has 1 aliphatic heterocycles. The summed E-state index contributed by atoms with van der Waals surface area (Å²) in [6.07, 6.45) is 2.94. The van der Waals surface area contributed by atoms with E-state index in [0.717, 1.165) is 32.4 Å². The van der Waals surface area contributed by atoms with Crippen molar-refractivity contribution in [3.05, 3.63) is 11.7 Å². The third-order valence-corrected chi connectivity index (χ3v) is 4.89. The van der Waals surface area contributed by atoms with Gasteiger partial charge < -0.3 is 14.4 Å². The van der Waals surface area contributed by atoms with Crippen LogP contribution in [0, 0.1) is 11.3 Å². The number of rotatable bonds is 8. The molecule has 0 bridgehead atoms. The van der Waals surface area contributed by atoms with Crippen molar-refractivity contribution in [2.45, 2.75) is 59.6 Å². The Morgan fingerprint density at radius 3 is 2.57 bits per heavy atom. The van der Waals surface area contributed by atoms with Crippen molar-refractivity contribution in [1.29, 1.82) is 0 Å². The number of hydrogen-bond donors (Lipinski definition) is 1. The number of aliphatic hydroxyl groups is 1. The molecular formula is C17H31N3O3. The number of aliphatic hydroxyl groups excluding tert-OH is 1. The van der Waals surface area contributed by atoms with Gasteiger partial charge in [-0.05, 0) is 50.6 Å². The van der Waals surface area contributed by atoms with E-state index in [4.69, 9.17) is 9.26 Å². The zero-order valence-electron chi connectivity index (χ0n) is 14.9. The number of hydrogen-bond acceptors (Lipinski definition) is 6. The maximum absolute atomic E-state index is 9.60. The molecular weight excluding hydrogens is 294 g/mol. The van der Waals surface area contributed by atoms with E-state index in [1.807, 2.05) is 6.92 Å². The average Bonchev–Trinajstić information content (AvgIpc) is 3.02. The standard InChI is InChI=1S/C17H31N3O3/c1-5-17(12-21)6-8-20(9-7-17)10-15-18-16(19-23-15)14(4)22-11-13(2)3/h13-14,21H,5-12H2,1-4H3. The van der Waals surface area contributed by atoms with E-state index in [0.29, 0.717) is 30.8 Å². The second-order valence-electron chi connectivity index (χ2n) is 7.20. The minimum Gasteiger partial charge on any atom is -0.396 e. The van der Waals surface area contributed by atoms with E-state index in [1.54, 1.807) is 0 Å². The van der Waals surface area contributed by atoms with Gasteiger partial charge in [-0.1, -0.05) is 25.9 Å². The molecule has 1 aromatic heterocycles. The Labute approximate surface area is 139 Å². The smallest absolute Gasteiger partial charge is 0.240 e. The Balaban J connectivity index is 1.83. The number of ether oxygens (including phenoxy) is 1. The van der Waals surface area contributed by atoms with E-state index in [2.05, 4.69) is 35.8 Å². The molecule has 1 N–H and O–H groups in total. The summed E-state index contributed by atoms with van der Waals surface area (Å²) in [4.78, 5) is 6.79. The van der Waals surface area contributed by atoms with Gasteiger partial charge in [0.25, 0.3) is 0 Å². The molecule has 23 heavy (non-hydrogen) atoms. The van der Waals surface area contributed by atoms with Gasteiger partial charge in [-0.15, -0.1) is 0 Å². The summed E-state index contributed by atoms with van der Waals surface area (Å²) < 4.78 is 11.1. The summed E-state index contributed by atoms with van der Waals surface area (Å²) in [5, 5.41) is 13.6. The van der Waals surface area contributed by atoms with Crippen molar-refractivity contribution < 1.29 is 14.4 Å². The summed E-state index contributed by atoms with van der Waals surface area (Å²) in [6, 6.07) is 0. The Kier molecular flexibility index (Phi) is 6.56.